The molecule has 1 amide bonds. The molecule has 0 aliphatic carbocycles. The Morgan fingerprint density at radius 3 is 2.86 bits per heavy atom. The van der Waals surface area contributed by atoms with Crippen LogP contribution in [0.5, 0.6) is 0 Å². The van der Waals surface area contributed by atoms with Gasteiger partial charge >= 0.3 is 0 Å². The van der Waals surface area contributed by atoms with Crippen molar-refractivity contribution in [1.29, 1.82) is 0 Å². The number of ether oxygens (including phenoxy) is 1. The van der Waals surface area contributed by atoms with Crippen LogP contribution >= 0.6 is 0 Å². The molecule has 4 heteroatoms. The summed E-state index contributed by atoms with van der Waals surface area (Å²) in [6.45, 7) is 2.36. The number of furan rings is 1. The molecule has 1 aromatic heterocycles. The number of carbonyl (C=O) groups excluding carboxylic acids is 1. The number of methoxy groups -OCH3 is 1. The zero-order chi connectivity index (χ0) is 14.8. The van der Waals surface area contributed by atoms with Crippen LogP contribution in [0, 0.1) is 0 Å². The van der Waals surface area contributed by atoms with E-state index in [-0.39, 0.29) is 11.9 Å². The number of nitrogens with one attached hydrogen (secondary N) is 1. The second kappa shape index (κ2) is 5.58. The van der Waals surface area contributed by atoms with Crippen LogP contribution in [0.1, 0.15) is 17.5 Å². The van der Waals surface area contributed by atoms with Gasteiger partial charge in [-0.25, -0.2) is 0 Å². The summed E-state index contributed by atoms with van der Waals surface area (Å²) in [7, 11) is 1.61. The first-order valence-corrected chi connectivity index (χ1v) is 6.90. The molecule has 0 spiro atoms. The highest BCUT2D eigenvalue weighted by Gasteiger charge is 2.15. The summed E-state index contributed by atoms with van der Waals surface area (Å²) >= 11 is 0. The predicted octanol–water partition coefficient (Wildman–Crippen LogP) is 3.35. The van der Waals surface area contributed by atoms with Gasteiger partial charge in [0.1, 0.15) is 5.58 Å². The number of fused-ring (bicyclic) bond motifs is 3. The second-order valence-electron chi connectivity index (χ2n) is 5.14. The standard InChI is InChI=1S/C17H17NO3/c1-11(10-20-2)18-17(19)16-9-14-13-6-4-3-5-12(13)7-8-15(14)21-16/h3-9,11H,10H2,1-2H3,(H,18,19)/t11-/m1/s1. The molecule has 0 saturated carbocycles. The van der Waals surface area contributed by atoms with Gasteiger partial charge in [-0.3, -0.25) is 4.79 Å². The molecule has 0 aliphatic heterocycles. The van der Waals surface area contributed by atoms with E-state index in [0.29, 0.717) is 12.4 Å². The van der Waals surface area contributed by atoms with Crippen molar-refractivity contribution in [2.45, 2.75) is 13.0 Å². The SMILES string of the molecule is COC[C@@H](C)NC(=O)c1cc2c(ccc3ccccc32)o1. The summed E-state index contributed by atoms with van der Waals surface area (Å²) < 4.78 is 10.7. The monoisotopic (exact) mass is 283 g/mol. The molecule has 21 heavy (non-hydrogen) atoms. The Morgan fingerprint density at radius 2 is 2.05 bits per heavy atom. The van der Waals surface area contributed by atoms with Gasteiger partial charge in [-0.2, -0.15) is 0 Å². The molecule has 0 radical (unpaired) electrons. The van der Waals surface area contributed by atoms with Crippen molar-refractivity contribution in [3.8, 4) is 0 Å². The molecule has 1 heterocycles. The van der Waals surface area contributed by atoms with Gasteiger partial charge in [-0.15, -0.1) is 0 Å². The molecule has 3 aromatic rings. The molecular formula is C17H17NO3. The molecule has 0 bridgehead atoms. The van der Waals surface area contributed by atoms with Gasteiger partial charge in [0.2, 0.25) is 0 Å². The Hall–Kier alpha value is -2.33. The van der Waals surface area contributed by atoms with Crippen LogP contribution in [-0.2, 0) is 4.74 Å². The maximum Gasteiger partial charge on any atom is 0.287 e. The lowest BCUT2D eigenvalue weighted by Gasteiger charge is -2.10. The third-order valence-corrected chi connectivity index (χ3v) is 3.44. The van der Waals surface area contributed by atoms with Crippen molar-refractivity contribution in [2.24, 2.45) is 0 Å². The average molecular weight is 283 g/mol. The first-order chi connectivity index (χ1) is 10.2. The van der Waals surface area contributed by atoms with E-state index in [1.807, 2.05) is 43.3 Å². The maximum absolute atomic E-state index is 12.2. The molecule has 0 unspecified atom stereocenters. The van der Waals surface area contributed by atoms with E-state index in [4.69, 9.17) is 9.15 Å². The number of rotatable bonds is 4. The molecule has 1 atom stereocenters. The van der Waals surface area contributed by atoms with Gasteiger partial charge in [0.05, 0.1) is 6.61 Å². The highest BCUT2D eigenvalue weighted by molar-refractivity contribution is 6.08. The number of benzene rings is 2. The van der Waals surface area contributed by atoms with E-state index in [9.17, 15) is 4.79 Å². The van der Waals surface area contributed by atoms with Gasteiger partial charge < -0.3 is 14.5 Å². The highest BCUT2D eigenvalue weighted by Crippen LogP contribution is 2.28. The minimum absolute atomic E-state index is 0.0625. The third-order valence-electron chi connectivity index (χ3n) is 3.44. The van der Waals surface area contributed by atoms with Crippen LogP contribution in [0.3, 0.4) is 0 Å². The zero-order valence-corrected chi connectivity index (χ0v) is 12.1. The minimum atomic E-state index is -0.222. The minimum Gasteiger partial charge on any atom is -0.451 e. The van der Waals surface area contributed by atoms with Gasteiger partial charge in [-0.1, -0.05) is 30.3 Å². The van der Waals surface area contributed by atoms with Crippen LogP contribution in [0.4, 0.5) is 0 Å². The first kappa shape index (κ1) is 13.6. The van der Waals surface area contributed by atoms with Crippen molar-refractivity contribution in [3.05, 3.63) is 48.2 Å². The molecule has 0 saturated heterocycles. The lowest BCUT2D eigenvalue weighted by atomic mass is 10.1. The number of hydrogen-bond donors (Lipinski definition) is 1. The van der Waals surface area contributed by atoms with Gasteiger partial charge in [0.15, 0.2) is 5.76 Å². The Morgan fingerprint density at radius 1 is 1.24 bits per heavy atom. The molecular weight excluding hydrogens is 266 g/mol. The Labute approximate surface area is 122 Å². The largest absolute Gasteiger partial charge is 0.451 e. The number of amides is 1. The van der Waals surface area contributed by atoms with Crippen LogP contribution in [-0.4, -0.2) is 25.7 Å². The smallest absolute Gasteiger partial charge is 0.287 e. The normalized spacial score (nSPS) is 12.7. The van der Waals surface area contributed by atoms with Crippen molar-refractivity contribution < 1.29 is 13.9 Å². The van der Waals surface area contributed by atoms with Crippen molar-refractivity contribution in [1.82, 2.24) is 5.32 Å². The van der Waals surface area contributed by atoms with Crippen LogP contribution in [0.2, 0.25) is 0 Å². The van der Waals surface area contributed by atoms with Gasteiger partial charge in [-0.05, 0) is 29.8 Å². The topological polar surface area (TPSA) is 51.5 Å². The van der Waals surface area contributed by atoms with E-state index in [1.54, 1.807) is 13.2 Å². The third kappa shape index (κ3) is 2.62. The highest BCUT2D eigenvalue weighted by atomic mass is 16.5. The van der Waals surface area contributed by atoms with Crippen LogP contribution in [0.25, 0.3) is 21.7 Å². The molecule has 108 valence electrons. The summed E-state index contributed by atoms with van der Waals surface area (Å²) in [6, 6.07) is 13.7. The quantitative estimate of drug-likeness (QED) is 0.799. The summed E-state index contributed by atoms with van der Waals surface area (Å²) in [5.74, 6) is 0.101. The van der Waals surface area contributed by atoms with Crippen LogP contribution in [0.15, 0.2) is 46.9 Å². The zero-order valence-electron chi connectivity index (χ0n) is 12.1. The lowest BCUT2D eigenvalue weighted by molar-refractivity contribution is 0.0880. The molecule has 4 nitrogen and oxygen atoms in total. The van der Waals surface area contributed by atoms with E-state index in [2.05, 4.69) is 5.32 Å². The van der Waals surface area contributed by atoms with Crippen molar-refractivity contribution in [2.75, 3.05) is 13.7 Å². The number of hydrogen-bond acceptors (Lipinski definition) is 3. The fourth-order valence-corrected chi connectivity index (χ4v) is 2.49. The van der Waals surface area contributed by atoms with E-state index in [0.717, 1.165) is 21.7 Å². The molecule has 0 fully saturated rings. The summed E-state index contributed by atoms with van der Waals surface area (Å²) in [6.07, 6.45) is 0. The van der Waals surface area contributed by atoms with Gasteiger partial charge in [0, 0.05) is 18.5 Å². The molecule has 1 N–H and O–H groups in total. The van der Waals surface area contributed by atoms with E-state index < -0.39 is 0 Å². The average Bonchev–Trinajstić information content (AvgIpc) is 2.92. The Kier molecular flexibility index (Phi) is 3.62. The van der Waals surface area contributed by atoms with E-state index >= 15 is 0 Å². The Bertz CT molecular complexity index is 791. The van der Waals surface area contributed by atoms with Crippen LogP contribution < -0.4 is 5.32 Å². The Balaban J connectivity index is 1.97. The summed E-state index contributed by atoms with van der Waals surface area (Å²) in [4.78, 5) is 12.2. The fourth-order valence-electron chi connectivity index (χ4n) is 2.49. The summed E-state index contributed by atoms with van der Waals surface area (Å²) in [5, 5.41) is 6.02. The predicted molar refractivity (Wildman–Crippen MR) is 82.5 cm³/mol. The molecule has 3 rings (SSSR count). The van der Waals surface area contributed by atoms with Gasteiger partial charge in [0.25, 0.3) is 5.91 Å². The first-order valence-electron chi connectivity index (χ1n) is 6.90. The number of carbonyl (C=O) groups is 1. The molecule has 2 aromatic carbocycles. The lowest BCUT2D eigenvalue weighted by Crippen LogP contribution is -2.35. The fraction of sp³-hybridized carbons (Fsp3) is 0.235. The van der Waals surface area contributed by atoms with E-state index in [1.165, 1.54) is 0 Å². The second-order valence-corrected chi connectivity index (χ2v) is 5.14. The van der Waals surface area contributed by atoms with Crippen molar-refractivity contribution in [3.63, 3.8) is 0 Å². The summed E-state index contributed by atoms with van der Waals surface area (Å²) in [5.41, 5.74) is 0.721. The van der Waals surface area contributed by atoms with Crippen molar-refractivity contribution >= 4 is 27.6 Å². The molecule has 0 aliphatic rings. The maximum atomic E-state index is 12.2.